The van der Waals surface area contributed by atoms with E-state index in [1.807, 2.05) is 0 Å². The third-order valence-electron chi connectivity index (χ3n) is 4.42. The minimum Gasteiger partial charge on any atom is -0.462 e. The summed E-state index contributed by atoms with van der Waals surface area (Å²) in [6.45, 7) is 21.3. The van der Waals surface area contributed by atoms with Crippen LogP contribution in [0.25, 0.3) is 0 Å². The summed E-state index contributed by atoms with van der Waals surface area (Å²) >= 11 is 0. The number of rotatable bonds is 12. The fraction of sp³-hybridized carbons (Fsp3) is 0.842. The van der Waals surface area contributed by atoms with Crippen LogP contribution in [0.3, 0.4) is 0 Å². The molecule has 0 fully saturated rings. The maximum Gasteiger partial charge on any atom is 0.333 e. The van der Waals surface area contributed by atoms with E-state index >= 15 is 0 Å². The molecule has 0 saturated heterocycles. The van der Waals surface area contributed by atoms with E-state index in [2.05, 4.69) is 53.5 Å². The second-order valence-corrected chi connectivity index (χ2v) is 20.6. The third kappa shape index (κ3) is 11.5. The van der Waals surface area contributed by atoms with Gasteiger partial charge in [-0.3, -0.25) is 0 Å². The topological polar surface area (TPSA) is 44.8 Å². The highest BCUT2D eigenvalue weighted by Gasteiger charge is 2.41. The van der Waals surface area contributed by atoms with E-state index in [0.717, 1.165) is 30.6 Å². The molecule has 0 rings (SSSR count). The molecule has 0 aliphatic heterocycles. The number of ether oxygens (including phenoxy) is 1. The number of hydrogen-bond acceptors (Lipinski definition) is 4. The Morgan fingerprint density at radius 3 is 1.77 bits per heavy atom. The number of esters is 1. The van der Waals surface area contributed by atoms with Gasteiger partial charge in [0.25, 0.3) is 0 Å². The molecule has 0 heterocycles. The molecule has 0 aliphatic carbocycles. The fourth-order valence-electron chi connectivity index (χ4n) is 3.01. The van der Waals surface area contributed by atoms with Crippen LogP contribution in [-0.4, -0.2) is 37.8 Å². The van der Waals surface area contributed by atoms with Gasteiger partial charge in [-0.2, -0.15) is 0 Å². The lowest BCUT2D eigenvalue weighted by Crippen LogP contribution is -2.53. The maximum absolute atomic E-state index is 11.4. The van der Waals surface area contributed by atoms with Gasteiger partial charge in [-0.25, -0.2) is 4.79 Å². The molecule has 0 amide bonds. The lowest BCUT2D eigenvalue weighted by Gasteiger charge is -2.40. The Morgan fingerprint density at radius 1 is 0.923 bits per heavy atom. The Kier molecular flexibility index (Phi) is 15.3. The van der Waals surface area contributed by atoms with Crippen molar-refractivity contribution in [2.45, 2.75) is 99.3 Å². The Morgan fingerprint density at radius 2 is 1.38 bits per heavy atom. The van der Waals surface area contributed by atoms with Gasteiger partial charge < -0.3 is 13.0 Å². The molecule has 0 atom stereocenters. The summed E-state index contributed by atoms with van der Waals surface area (Å²) in [6, 6.07) is 4.42. The molecule has 158 valence electrons. The minimum atomic E-state index is -2.14. The van der Waals surface area contributed by atoms with E-state index in [0.29, 0.717) is 12.2 Å². The highest BCUT2D eigenvalue weighted by Crippen LogP contribution is 2.29. The molecule has 0 saturated carbocycles. The normalized spacial score (nSPS) is 12.0. The van der Waals surface area contributed by atoms with E-state index in [1.54, 1.807) is 6.92 Å². The van der Waals surface area contributed by atoms with Crippen molar-refractivity contribution in [1.82, 2.24) is 0 Å². The average Bonchev–Trinajstić information content (AvgIpc) is 2.47. The highest BCUT2D eigenvalue weighted by molar-refractivity contribution is 6.88. The summed E-state index contributed by atoms with van der Waals surface area (Å²) in [7, 11) is -5.60. The van der Waals surface area contributed by atoms with E-state index in [-0.39, 0.29) is 20.8 Å². The standard InChI is InChI=1S/C17H38O4Si3.2CH4/c1-10-24(11-2,12-3)21-23(8,9)20-22(6,7)15-13-14-19-17(18)16(4)5;;/h4,10-15H2,1-3,5-9H3;2*1H4. The van der Waals surface area contributed by atoms with Crippen LogP contribution in [0.4, 0.5) is 0 Å². The first-order chi connectivity index (χ1) is 10.9. The molecule has 4 nitrogen and oxygen atoms in total. The van der Waals surface area contributed by atoms with Gasteiger partial charge in [0.1, 0.15) is 0 Å². The Hall–Kier alpha value is -0.219. The number of carbonyl (C=O) groups excluding carboxylic acids is 1. The van der Waals surface area contributed by atoms with Crippen LogP contribution in [0.15, 0.2) is 12.2 Å². The number of carbonyl (C=O) groups is 1. The second kappa shape index (κ2) is 13.0. The summed E-state index contributed by atoms with van der Waals surface area (Å²) < 4.78 is 18.4. The molecule has 0 bridgehead atoms. The van der Waals surface area contributed by atoms with Crippen LogP contribution in [0.2, 0.25) is 50.4 Å². The number of hydrogen-bond donors (Lipinski definition) is 0. The smallest absolute Gasteiger partial charge is 0.333 e. The molecular weight excluding hydrogens is 376 g/mol. The van der Waals surface area contributed by atoms with Gasteiger partial charge in [0, 0.05) is 5.57 Å². The molecule has 0 spiro atoms. The first-order valence-electron chi connectivity index (χ1n) is 9.15. The second-order valence-electron chi connectivity index (χ2n) is 7.63. The minimum absolute atomic E-state index is 0. The van der Waals surface area contributed by atoms with Crippen LogP contribution in [0, 0.1) is 0 Å². The van der Waals surface area contributed by atoms with Crippen molar-refractivity contribution in [1.29, 1.82) is 0 Å². The van der Waals surface area contributed by atoms with Crippen molar-refractivity contribution in [3.05, 3.63) is 12.2 Å². The molecule has 0 N–H and O–H groups in total. The van der Waals surface area contributed by atoms with Gasteiger partial charge in [0.05, 0.1) is 6.61 Å². The summed E-state index contributed by atoms with van der Waals surface area (Å²) in [5.41, 5.74) is 0.449. The molecule has 26 heavy (non-hydrogen) atoms. The van der Waals surface area contributed by atoms with Gasteiger partial charge in [-0.15, -0.1) is 0 Å². The molecule has 0 aliphatic rings. The SMILES string of the molecule is C.C.C=C(C)C(=O)OCCC[Si](C)(C)O[Si](C)(C)O[Si](CC)(CC)CC. The molecule has 0 aromatic rings. The van der Waals surface area contributed by atoms with Crippen LogP contribution < -0.4 is 0 Å². The van der Waals surface area contributed by atoms with Gasteiger partial charge >= 0.3 is 14.5 Å². The molecule has 0 aromatic heterocycles. The van der Waals surface area contributed by atoms with Crippen LogP contribution in [0.5, 0.6) is 0 Å². The van der Waals surface area contributed by atoms with Crippen molar-refractivity contribution < 1.29 is 17.8 Å². The fourth-order valence-corrected chi connectivity index (χ4v) is 17.7. The quantitative estimate of drug-likeness (QED) is 0.152. The van der Waals surface area contributed by atoms with Crippen molar-refractivity contribution >= 4 is 31.2 Å². The van der Waals surface area contributed by atoms with E-state index in [4.69, 9.17) is 13.0 Å². The van der Waals surface area contributed by atoms with Crippen LogP contribution >= 0.6 is 0 Å². The Bertz CT molecular complexity index is 411. The van der Waals surface area contributed by atoms with Crippen molar-refractivity contribution in [2.75, 3.05) is 6.61 Å². The predicted molar refractivity (Wildman–Crippen MR) is 123 cm³/mol. The van der Waals surface area contributed by atoms with E-state index in [9.17, 15) is 4.79 Å². The first-order valence-corrected chi connectivity index (χ1v) is 17.6. The zero-order valence-electron chi connectivity index (χ0n) is 17.1. The molecular formula is C19H46O4Si3. The summed E-state index contributed by atoms with van der Waals surface area (Å²) in [4.78, 5) is 11.4. The monoisotopic (exact) mass is 422 g/mol. The van der Waals surface area contributed by atoms with Gasteiger partial charge in [-0.05, 0) is 63.7 Å². The van der Waals surface area contributed by atoms with Gasteiger partial charge in [0.2, 0.25) is 0 Å². The summed E-state index contributed by atoms with van der Waals surface area (Å²) in [6.07, 6.45) is 0.834. The third-order valence-corrected chi connectivity index (χ3v) is 17.7. The maximum atomic E-state index is 11.4. The van der Waals surface area contributed by atoms with Crippen LogP contribution in [-0.2, 0) is 17.8 Å². The van der Waals surface area contributed by atoms with Gasteiger partial charge in [-0.1, -0.05) is 42.2 Å². The van der Waals surface area contributed by atoms with E-state index < -0.39 is 25.2 Å². The lowest BCUT2D eigenvalue weighted by molar-refractivity contribution is -0.138. The highest BCUT2D eigenvalue weighted by atomic mass is 28.5. The Balaban J connectivity index is -0.00000264. The lowest BCUT2D eigenvalue weighted by atomic mass is 10.4. The zero-order valence-corrected chi connectivity index (χ0v) is 20.1. The zero-order chi connectivity index (χ0) is 19.0. The molecule has 0 unspecified atom stereocenters. The Labute approximate surface area is 167 Å². The first kappa shape index (κ1) is 30.5. The largest absolute Gasteiger partial charge is 0.462 e. The van der Waals surface area contributed by atoms with Gasteiger partial charge in [0.15, 0.2) is 16.6 Å². The average molecular weight is 423 g/mol. The summed E-state index contributed by atoms with van der Waals surface area (Å²) in [5.74, 6) is -0.307. The van der Waals surface area contributed by atoms with Crippen molar-refractivity contribution in [3.63, 3.8) is 0 Å². The van der Waals surface area contributed by atoms with Crippen molar-refractivity contribution in [3.8, 4) is 0 Å². The summed E-state index contributed by atoms with van der Waals surface area (Å²) in [5, 5.41) is 0. The van der Waals surface area contributed by atoms with E-state index in [1.165, 1.54) is 0 Å². The molecule has 7 heteroatoms. The van der Waals surface area contributed by atoms with Crippen molar-refractivity contribution in [2.24, 2.45) is 0 Å². The predicted octanol–water partition coefficient (Wildman–Crippen LogP) is 6.71. The molecule has 0 aromatic carbocycles. The molecule has 0 radical (unpaired) electrons. The van der Waals surface area contributed by atoms with Crippen LogP contribution in [0.1, 0.15) is 49.0 Å².